The van der Waals surface area contributed by atoms with Crippen LogP contribution in [0.1, 0.15) is 0 Å². The van der Waals surface area contributed by atoms with Crippen molar-refractivity contribution < 1.29 is 9.32 Å². The van der Waals surface area contributed by atoms with Gasteiger partial charge in [-0.2, -0.15) is 0 Å². The summed E-state index contributed by atoms with van der Waals surface area (Å²) in [6, 6.07) is 0. The van der Waals surface area contributed by atoms with E-state index in [2.05, 4.69) is 11.4 Å². The van der Waals surface area contributed by atoms with E-state index in [1.54, 1.807) is 11.5 Å². The Morgan fingerprint density at radius 3 is 2.82 bits per heavy atom. The quantitative estimate of drug-likeness (QED) is 0.260. The molecule has 0 N–H and O–H groups in total. The lowest BCUT2D eigenvalue weighted by atomic mass is 10.5. The first-order chi connectivity index (χ1) is 5.11. The molecule has 0 bridgehead atoms. The van der Waals surface area contributed by atoms with Gasteiger partial charge in [0, 0.05) is 0 Å². The van der Waals surface area contributed by atoms with Crippen molar-refractivity contribution in [3.8, 4) is 0 Å². The molecule has 0 aromatic heterocycles. The third-order valence-electron chi connectivity index (χ3n) is 0.735. The lowest BCUT2D eigenvalue weighted by molar-refractivity contribution is -0.128. The third kappa shape index (κ3) is 4.38. The highest BCUT2D eigenvalue weighted by Gasteiger charge is 2.12. The fourth-order valence-corrected chi connectivity index (χ4v) is 0.997. The zero-order valence-electron chi connectivity index (χ0n) is 5.87. The molecule has 0 aromatic rings. The SMILES string of the molecule is [C-]#[N+]C(=C)C(=O)OP(C)[B]I. The van der Waals surface area contributed by atoms with Gasteiger partial charge in [-0.1, -0.05) is 6.58 Å². The van der Waals surface area contributed by atoms with Gasteiger partial charge in [0.25, 0.3) is 10.6 Å². The Bertz CT molecular complexity index is 215. The van der Waals surface area contributed by atoms with E-state index in [1.165, 1.54) is 0 Å². The Kier molecular flexibility index (Phi) is 5.52. The molecular formula is C5H5BINO2P. The van der Waals surface area contributed by atoms with Crippen molar-refractivity contribution in [1.82, 2.24) is 0 Å². The lowest BCUT2D eigenvalue weighted by Crippen LogP contribution is -2.01. The summed E-state index contributed by atoms with van der Waals surface area (Å²) in [6.07, 6.45) is 0. The summed E-state index contributed by atoms with van der Waals surface area (Å²) in [5.41, 5.74) is -0.169. The molecule has 3 nitrogen and oxygen atoms in total. The number of nitrogens with zero attached hydrogens (tertiary/aromatic N) is 1. The molecule has 0 amide bonds. The van der Waals surface area contributed by atoms with Crippen LogP contribution in [-0.2, 0) is 9.32 Å². The summed E-state index contributed by atoms with van der Waals surface area (Å²) in [6.45, 7) is 11.5. The van der Waals surface area contributed by atoms with Crippen molar-refractivity contribution in [3.05, 3.63) is 23.7 Å². The van der Waals surface area contributed by atoms with Gasteiger partial charge >= 0.3 is 5.97 Å². The van der Waals surface area contributed by atoms with Crippen LogP contribution in [-0.4, -0.2) is 17.5 Å². The van der Waals surface area contributed by atoms with Crippen molar-refractivity contribution >= 4 is 41.2 Å². The number of hydrogen-bond donors (Lipinski definition) is 0. The Balaban J connectivity index is 3.90. The maximum absolute atomic E-state index is 10.8. The van der Waals surface area contributed by atoms with Crippen LogP contribution in [0.15, 0.2) is 12.3 Å². The van der Waals surface area contributed by atoms with Gasteiger partial charge in [0.2, 0.25) is 0 Å². The van der Waals surface area contributed by atoms with Crippen molar-refractivity contribution in [2.24, 2.45) is 0 Å². The summed E-state index contributed by atoms with van der Waals surface area (Å²) in [7, 11) is -0.848. The molecule has 0 spiro atoms. The molecule has 0 saturated carbocycles. The molecule has 0 aromatic carbocycles. The molecule has 1 atom stereocenters. The van der Waals surface area contributed by atoms with Gasteiger partial charge in [-0.3, -0.25) is 4.79 Å². The third-order valence-corrected chi connectivity index (χ3v) is 3.82. The molecule has 57 valence electrons. The van der Waals surface area contributed by atoms with E-state index in [0.29, 0.717) is 0 Å². The Labute approximate surface area is 80.9 Å². The maximum atomic E-state index is 10.8. The molecule has 1 unspecified atom stereocenters. The number of halogens is 1. The van der Waals surface area contributed by atoms with E-state index in [1.807, 2.05) is 22.4 Å². The molecular weight excluding hydrogens is 275 g/mol. The molecule has 0 fully saturated rings. The maximum Gasteiger partial charge on any atom is 0.337 e. The number of carbonyl (C=O) groups is 1. The minimum absolute atomic E-state index is 0.169. The molecule has 11 heavy (non-hydrogen) atoms. The summed E-state index contributed by atoms with van der Waals surface area (Å²) in [5, 5.41) is 0. The predicted molar refractivity (Wildman–Crippen MR) is 54.5 cm³/mol. The monoisotopic (exact) mass is 280 g/mol. The van der Waals surface area contributed by atoms with Crippen LogP contribution < -0.4 is 0 Å². The van der Waals surface area contributed by atoms with Crippen LogP contribution in [0.5, 0.6) is 0 Å². The summed E-state index contributed by atoms with van der Waals surface area (Å²) >= 11 is 2.00. The minimum Gasteiger partial charge on any atom is -0.460 e. The van der Waals surface area contributed by atoms with Gasteiger partial charge < -0.3 is 4.52 Å². The summed E-state index contributed by atoms with van der Waals surface area (Å²) < 4.78 is 4.80. The fourth-order valence-electron chi connectivity index (χ4n) is 0.249. The van der Waals surface area contributed by atoms with E-state index in [-0.39, 0.29) is 5.70 Å². The van der Waals surface area contributed by atoms with E-state index >= 15 is 0 Å². The van der Waals surface area contributed by atoms with Gasteiger partial charge in [-0.25, -0.2) is 4.85 Å². The zero-order chi connectivity index (χ0) is 8.85. The normalized spacial score (nSPS) is 11.0. The first-order valence-electron chi connectivity index (χ1n) is 2.57. The second kappa shape index (κ2) is 5.56. The second-order valence-electron chi connectivity index (χ2n) is 1.58. The molecule has 0 rings (SSSR count). The lowest BCUT2D eigenvalue weighted by Gasteiger charge is -2.07. The minimum atomic E-state index is -0.848. The molecule has 6 heteroatoms. The van der Waals surface area contributed by atoms with E-state index in [0.717, 1.165) is 0 Å². The first-order valence-corrected chi connectivity index (χ1v) is 5.59. The fraction of sp³-hybridized carbons (Fsp3) is 0.200. The van der Waals surface area contributed by atoms with Crippen molar-refractivity contribution in [2.45, 2.75) is 0 Å². The van der Waals surface area contributed by atoms with Gasteiger partial charge in [-0.05, 0) is 6.66 Å². The number of rotatable bonds is 3. The van der Waals surface area contributed by atoms with Gasteiger partial charge in [-0.15, -0.1) is 22.4 Å². The van der Waals surface area contributed by atoms with E-state index in [4.69, 9.17) is 11.1 Å². The smallest absolute Gasteiger partial charge is 0.337 e. The van der Waals surface area contributed by atoms with Crippen LogP contribution >= 0.6 is 30.4 Å². The van der Waals surface area contributed by atoms with Crippen molar-refractivity contribution in [2.75, 3.05) is 6.66 Å². The predicted octanol–water partition coefficient (Wildman–Crippen LogP) is 1.96. The molecule has 0 aliphatic heterocycles. The van der Waals surface area contributed by atoms with Gasteiger partial charge in [0.15, 0.2) is 0 Å². The second-order valence-corrected chi connectivity index (χ2v) is 4.72. The highest BCUT2D eigenvalue weighted by atomic mass is 127. The molecule has 0 aliphatic carbocycles. The van der Waals surface area contributed by atoms with Gasteiger partial charge in [0.05, 0.1) is 14.6 Å². The van der Waals surface area contributed by atoms with Crippen LogP contribution in [0.2, 0.25) is 0 Å². The van der Waals surface area contributed by atoms with Crippen LogP contribution in [0.3, 0.4) is 0 Å². The molecule has 1 radical (unpaired) electrons. The van der Waals surface area contributed by atoms with Crippen LogP contribution in [0, 0.1) is 6.57 Å². The van der Waals surface area contributed by atoms with Crippen molar-refractivity contribution in [3.63, 3.8) is 0 Å². The largest absolute Gasteiger partial charge is 0.460 e. The topological polar surface area (TPSA) is 30.7 Å². The average Bonchev–Trinajstić information content (AvgIpc) is 2.02. The van der Waals surface area contributed by atoms with Gasteiger partial charge in [0.1, 0.15) is 0 Å². The first kappa shape index (κ1) is 10.9. The van der Waals surface area contributed by atoms with E-state index in [9.17, 15) is 4.79 Å². The molecule has 0 heterocycles. The summed E-state index contributed by atoms with van der Waals surface area (Å²) in [5.74, 6) is -0.624. The standard InChI is InChI=1S/C5H5BINO2P/c1-4(8-2)5(9)10-11(3)6-7/h1H2,3H3. The van der Waals surface area contributed by atoms with Crippen LogP contribution in [0.4, 0.5) is 0 Å². The Morgan fingerprint density at radius 2 is 2.45 bits per heavy atom. The van der Waals surface area contributed by atoms with Crippen LogP contribution in [0.25, 0.3) is 4.85 Å². The Hall–Kier alpha value is -0.0751. The molecule has 0 aliphatic rings. The highest BCUT2D eigenvalue weighted by Crippen LogP contribution is 2.32. The average molecular weight is 280 g/mol. The van der Waals surface area contributed by atoms with E-state index < -0.39 is 14.0 Å². The Morgan fingerprint density at radius 1 is 1.91 bits per heavy atom. The zero-order valence-corrected chi connectivity index (χ0v) is 8.93. The highest BCUT2D eigenvalue weighted by molar-refractivity contribution is 14.1. The summed E-state index contributed by atoms with van der Waals surface area (Å²) in [4.78, 5) is 15.4. The number of hydrogen-bond acceptors (Lipinski definition) is 2. The number of carbonyl (C=O) groups excluding carboxylic acids is 1. The molecule has 0 saturated heterocycles. The van der Waals surface area contributed by atoms with Crippen molar-refractivity contribution in [1.29, 1.82) is 0 Å².